The summed E-state index contributed by atoms with van der Waals surface area (Å²) in [5, 5.41) is 2.88. The first-order chi connectivity index (χ1) is 12.2. The van der Waals surface area contributed by atoms with E-state index in [0.717, 1.165) is 24.2 Å². The van der Waals surface area contributed by atoms with Crippen LogP contribution in [-0.4, -0.2) is 18.0 Å². The van der Waals surface area contributed by atoms with Crippen molar-refractivity contribution in [3.8, 4) is 0 Å². The summed E-state index contributed by atoms with van der Waals surface area (Å²) in [5.74, 6) is 1.07. The number of fused-ring (bicyclic) bond motifs is 2. The molecule has 2 heterocycles. The molecule has 0 aromatic carbocycles. The Balaban J connectivity index is 1.93. The smallest absolute Gasteiger partial charge is 0.252 e. The largest absolute Gasteiger partial charge is 0.494 e. The molecule has 2 bridgehead atoms. The van der Waals surface area contributed by atoms with Crippen LogP contribution in [0.2, 0.25) is 0 Å². The van der Waals surface area contributed by atoms with E-state index in [1.807, 2.05) is 6.08 Å². The number of aromatic nitrogens is 1. The third-order valence-corrected chi connectivity index (χ3v) is 5.41. The third kappa shape index (κ3) is 4.36. The Morgan fingerprint density at radius 1 is 1.20 bits per heavy atom. The SMILES string of the molecule is CC[C@@H]1CCCCCCCCc2cc1c(/C=C1\NC(=O)C=C1OC)[nH]2. The topological polar surface area (TPSA) is 54.1 Å². The molecule has 0 radical (unpaired) electrons. The minimum Gasteiger partial charge on any atom is -0.494 e. The van der Waals surface area contributed by atoms with Gasteiger partial charge in [0.2, 0.25) is 0 Å². The summed E-state index contributed by atoms with van der Waals surface area (Å²) < 4.78 is 5.33. The van der Waals surface area contributed by atoms with Crippen molar-refractivity contribution >= 4 is 12.0 Å². The van der Waals surface area contributed by atoms with E-state index < -0.39 is 0 Å². The van der Waals surface area contributed by atoms with Gasteiger partial charge in [0, 0.05) is 17.5 Å². The van der Waals surface area contributed by atoms with Crippen molar-refractivity contribution in [3.05, 3.63) is 40.5 Å². The average Bonchev–Trinajstić information content (AvgIpc) is 3.16. The molecule has 1 aliphatic heterocycles. The standard InChI is InChI=1S/C21H30N2O2/c1-3-15-10-8-6-4-5-7-9-11-16-12-17(15)18(22-16)13-19-20(25-2)14-21(24)23-19/h12-15,22H,3-11H2,1-2H3,(H,23,24)/b19-13-/t15-/m1/s1. The average molecular weight is 342 g/mol. The van der Waals surface area contributed by atoms with E-state index in [1.165, 1.54) is 62.3 Å². The molecule has 0 fully saturated rings. The summed E-state index contributed by atoms with van der Waals surface area (Å²) in [5.41, 5.74) is 4.58. The minimum absolute atomic E-state index is 0.116. The first-order valence-electron chi connectivity index (χ1n) is 9.71. The Morgan fingerprint density at radius 2 is 1.96 bits per heavy atom. The van der Waals surface area contributed by atoms with Gasteiger partial charge in [0.15, 0.2) is 0 Å². The van der Waals surface area contributed by atoms with E-state index in [-0.39, 0.29) is 5.91 Å². The van der Waals surface area contributed by atoms with Crippen molar-refractivity contribution < 1.29 is 9.53 Å². The maximum Gasteiger partial charge on any atom is 0.252 e. The van der Waals surface area contributed by atoms with Crippen LogP contribution in [0.25, 0.3) is 6.08 Å². The molecule has 4 heteroatoms. The van der Waals surface area contributed by atoms with Gasteiger partial charge in [-0.2, -0.15) is 0 Å². The molecule has 0 saturated heterocycles. The third-order valence-electron chi connectivity index (χ3n) is 5.41. The molecule has 136 valence electrons. The zero-order valence-electron chi connectivity index (χ0n) is 15.5. The molecular formula is C21H30N2O2. The van der Waals surface area contributed by atoms with Crippen LogP contribution in [0, 0.1) is 0 Å². The molecule has 1 amide bonds. The quantitative estimate of drug-likeness (QED) is 0.829. The number of H-pyrrole nitrogens is 1. The van der Waals surface area contributed by atoms with E-state index in [4.69, 9.17) is 4.74 Å². The van der Waals surface area contributed by atoms with Crippen molar-refractivity contribution in [1.29, 1.82) is 0 Å². The summed E-state index contributed by atoms with van der Waals surface area (Å²) in [6.45, 7) is 2.28. The van der Waals surface area contributed by atoms with E-state index in [1.54, 1.807) is 7.11 Å². The second-order valence-electron chi connectivity index (χ2n) is 7.19. The number of carbonyl (C=O) groups excluding carboxylic acids is 1. The molecule has 0 unspecified atom stereocenters. The molecule has 1 atom stereocenters. The number of hydrogen-bond donors (Lipinski definition) is 2. The van der Waals surface area contributed by atoms with Gasteiger partial charge in [-0.05, 0) is 49.3 Å². The van der Waals surface area contributed by atoms with Gasteiger partial charge in [0.25, 0.3) is 5.91 Å². The van der Waals surface area contributed by atoms with E-state index in [9.17, 15) is 4.79 Å². The molecule has 2 N–H and O–H groups in total. The van der Waals surface area contributed by atoms with Crippen LogP contribution < -0.4 is 5.32 Å². The number of aryl methyl sites for hydroxylation is 1. The monoisotopic (exact) mass is 342 g/mol. The van der Waals surface area contributed by atoms with E-state index >= 15 is 0 Å². The fraction of sp³-hybridized carbons (Fsp3) is 0.571. The van der Waals surface area contributed by atoms with Crippen LogP contribution in [0.15, 0.2) is 23.6 Å². The fourth-order valence-corrected chi connectivity index (χ4v) is 3.98. The lowest BCUT2D eigenvalue weighted by atomic mass is 9.89. The molecule has 1 aliphatic carbocycles. The van der Waals surface area contributed by atoms with Crippen LogP contribution in [0.5, 0.6) is 0 Å². The highest BCUT2D eigenvalue weighted by atomic mass is 16.5. The maximum absolute atomic E-state index is 11.7. The van der Waals surface area contributed by atoms with Crippen molar-refractivity contribution in [3.63, 3.8) is 0 Å². The number of hydrogen-bond acceptors (Lipinski definition) is 2. The van der Waals surface area contributed by atoms with Gasteiger partial charge in [0.1, 0.15) is 5.76 Å². The Bertz CT molecular complexity index is 669. The number of carbonyl (C=O) groups is 1. The number of rotatable bonds is 3. The summed E-state index contributed by atoms with van der Waals surface area (Å²) in [7, 11) is 1.60. The van der Waals surface area contributed by atoms with Crippen LogP contribution in [0.3, 0.4) is 0 Å². The van der Waals surface area contributed by atoms with E-state index in [2.05, 4.69) is 23.3 Å². The van der Waals surface area contributed by atoms with Crippen molar-refractivity contribution in [2.24, 2.45) is 0 Å². The molecule has 4 nitrogen and oxygen atoms in total. The zero-order valence-corrected chi connectivity index (χ0v) is 15.5. The van der Waals surface area contributed by atoms with Gasteiger partial charge in [-0.25, -0.2) is 0 Å². The first kappa shape index (κ1) is 17.8. The summed E-state index contributed by atoms with van der Waals surface area (Å²) >= 11 is 0. The fourth-order valence-electron chi connectivity index (χ4n) is 3.98. The molecular weight excluding hydrogens is 312 g/mol. The van der Waals surface area contributed by atoms with Crippen LogP contribution in [-0.2, 0) is 16.0 Å². The summed E-state index contributed by atoms with van der Waals surface area (Å²) in [4.78, 5) is 15.3. The Morgan fingerprint density at radius 3 is 2.72 bits per heavy atom. The first-order valence-corrected chi connectivity index (χ1v) is 9.71. The Labute approximate surface area is 150 Å². The Hall–Kier alpha value is -1.97. The highest BCUT2D eigenvalue weighted by Gasteiger charge is 2.21. The lowest BCUT2D eigenvalue weighted by Gasteiger charge is -2.15. The molecule has 3 rings (SSSR count). The van der Waals surface area contributed by atoms with E-state index in [0.29, 0.717) is 11.7 Å². The second-order valence-corrected chi connectivity index (χ2v) is 7.19. The van der Waals surface area contributed by atoms with Gasteiger partial charge < -0.3 is 15.0 Å². The molecule has 25 heavy (non-hydrogen) atoms. The van der Waals surface area contributed by atoms with Gasteiger partial charge in [0.05, 0.1) is 12.8 Å². The number of aromatic amines is 1. The maximum atomic E-state index is 11.7. The molecule has 1 aromatic rings. The van der Waals surface area contributed by atoms with Gasteiger partial charge in [-0.15, -0.1) is 0 Å². The van der Waals surface area contributed by atoms with Crippen molar-refractivity contribution in [1.82, 2.24) is 10.3 Å². The predicted octanol–water partition coefficient (Wildman–Crippen LogP) is 4.80. The highest BCUT2D eigenvalue weighted by Crippen LogP contribution is 2.32. The molecule has 0 spiro atoms. The number of amides is 1. The summed E-state index contributed by atoms with van der Waals surface area (Å²) in [6.07, 6.45) is 15.0. The minimum atomic E-state index is -0.116. The Kier molecular flexibility index (Phi) is 6.00. The van der Waals surface area contributed by atoms with Crippen LogP contribution in [0.1, 0.15) is 81.2 Å². The van der Waals surface area contributed by atoms with Crippen LogP contribution in [0.4, 0.5) is 0 Å². The highest BCUT2D eigenvalue weighted by molar-refractivity contribution is 5.95. The lowest BCUT2D eigenvalue weighted by molar-refractivity contribution is -0.115. The molecule has 1 aromatic heterocycles. The predicted molar refractivity (Wildman–Crippen MR) is 101 cm³/mol. The number of nitrogens with one attached hydrogen (secondary N) is 2. The van der Waals surface area contributed by atoms with Crippen molar-refractivity contribution in [2.45, 2.75) is 70.6 Å². The van der Waals surface area contributed by atoms with Crippen LogP contribution >= 0.6 is 0 Å². The molecule has 0 saturated carbocycles. The zero-order chi connectivity index (χ0) is 17.6. The number of ether oxygens (including phenoxy) is 1. The number of methoxy groups -OCH3 is 1. The van der Waals surface area contributed by atoms with Crippen molar-refractivity contribution in [2.75, 3.05) is 7.11 Å². The van der Waals surface area contributed by atoms with Gasteiger partial charge >= 0.3 is 0 Å². The summed E-state index contributed by atoms with van der Waals surface area (Å²) in [6, 6.07) is 2.36. The van der Waals surface area contributed by atoms with Gasteiger partial charge in [-0.1, -0.05) is 39.0 Å². The van der Waals surface area contributed by atoms with Gasteiger partial charge in [-0.3, -0.25) is 4.79 Å². The lowest BCUT2D eigenvalue weighted by Crippen LogP contribution is -2.14. The normalized spacial score (nSPS) is 23.6. The molecule has 2 aliphatic rings. The second kappa shape index (κ2) is 8.41.